The Balaban J connectivity index is 1.13. The van der Waals surface area contributed by atoms with Crippen molar-refractivity contribution < 1.29 is 23.4 Å². The maximum Gasteiger partial charge on any atom is 0.225 e. The topological polar surface area (TPSA) is 82.0 Å². The van der Waals surface area contributed by atoms with E-state index in [0.29, 0.717) is 23.5 Å². The molecule has 4 heterocycles. The number of rotatable bonds is 8. The molecule has 2 saturated heterocycles. The third-order valence-corrected chi connectivity index (χ3v) is 11.3. The molecule has 1 aliphatic carbocycles. The smallest absolute Gasteiger partial charge is 0.225 e. The third-order valence-electron chi connectivity index (χ3n) is 9.18. The van der Waals surface area contributed by atoms with Crippen LogP contribution in [-0.4, -0.2) is 70.3 Å². The highest BCUT2D eigenvalue weighted by Gasteiger charge is 2.55. The first kappa shape index (κ1) is 29.6. The van der Waals surface area contributed by atoms with Crippen LogP contribution in [0.25, 0.3) is 22.2 Å². The van der Waals surface area contributed by atoms with Gasteiger partial charge >= 0.3 is 0 Å². The van der Waals surface area contributed by atoms with Crippen LogP contribution < -0.4 is 14.2 Å². The van der Waals surface area contributed by atoms with Crippen molar-refractivity contribution in [2.45, 2.75) is 31.7 Å². The number of hydrogen-bond donors (Lipinski definition) is 0. The zero-order valence-corrected chi connectivity index (χ0v) is 27.5. The predicted octanol–water partition coefficient (Wildman–Crippen LogP) is 6.92. The molecule has 2 aromatic heterocycles. The Hall–Kier alpha value is -3.10. The molecule has 12 heteroatoms. The summed E-state index contributed by atoms with van der Waals surface area (Å²) < 4.78 is 35.7. The highest BCUT2D eigenvalue weighted by molar-refractivity contribution is 14.2. The lowest BCUT2D eigenvalue weighted by Gasteiger charge is -2.58. The average Bonchev–Trinajstić information content (AvgIpc) is 3.41. The minimum absolute atomic E-state index is 0.0162. The Bertz CT molecular complexity index is 1690. The van der Waals surface area contributed by atoms with E-state index in [-0.39, 0.29) is 29.4 Å². The summed E-state index contributed by atoms with van der Waals surface area (Å²) >= 11 is 2.33. The first-order chi connectivity index (χ1) is 21.4. The molecule has 7 rings (SSSR count). The van der Waals surface area contributed by atoms with Crippen molar-refractivity contribution in [2.24, 2.45) is 11.3 Å². The molecule has 1 atom stereocenters. The van der Waals surface area contributed by atoms with Crippen LogP contribution in [0.15, 0.2) is 54.9 Å². The van der Waals surface area contributed by atoms with Gasteiger partial charge in [-0.2, -0.15) is 9.49 Å². The van der Waals surface area contributed by atoms with E-state index >= 15 is 0 Å². The molecule has 0 bridgehead atoms. The van der Waals surface area contributed by atoms with Crippen LogP contribution in [0.5, 0.6) is 23.0 Å². The van der Waals surface area contributed by atoms with E-state index in [1.807, 2.05) is 23.0 Å². The van der Waals surface area contributed by atoms with Gasteiger partial charge in [-0.05, 0) is 76.6 Å². The third kappa shape index (κ3) is 5.28. The lowest BCUT2D eigenvalue weighted by atomic mass is 9.58. The fourth-order valence-electron chi connectivity index (χ4n) is 7.00. The quantitative estimate of drug-likeness (QED) is 0.143. The molecule has 44 heavy (non-hydrogen) atoms. The molecule has 2 aliphatic heterocycles. The number of pyridine rings is 1. The first-order valence-corrected chi connectivity index (χ1v) is 18.1. The number of nitrogens with zero attached hydrogens (tertiary/aromatic N) is 5. The number of methoxy groups -OCH3 is 2. The maximum absolute atomic E-state index is 14.6. The van der Waals surface area contributed by atoms with E-state index in [9.17, 15) is 9.18 Å². The van der Waals surface area contributed by atoms with Crippen LogP contribution in [-0.2, 0) is 4.79 Å². The molecule has 0 radical (unpaired) electrons. The van der Waals surface area contributed by atoms with Crippen LogP contribution in [0.2, 0.25) is 0 Å². The number of piperidine rings is 1. The van der Waals surface area contributed by atoms with Crippen LogP contribution >= 0.6 is 30.3 Å². The standard InChI is InChI=1S/C32H33FIN5O4S/c1-41-25-6-3-7-26(28(25)33)43-23-10-8-20(9-11-23)29-24-15-35-16-27(42-2)30(24)39(36-29)22-5-4-12-37(17-22)31(40)21-13-32(14-21)18-38(19-32)44-34/h3,6-11,15-16,21-22H,4-5,12-14,17-19H2,1-2H3/t22-/m1/s1. The lowest BCUT2D eigenvalue weighted by Crippen LogP contribution is -2.62. The number of carbonyl (C=O) groups is 1. The molecule has 1 spiro atoms. The highest BCUT2D eigenvalue weighted by atomic mass is 127. The van der Waals surface area contributed by atoms with Gasteiger partial charge in [-0.25, -0.2) is 4.31 Å². The van der Waals surface area contributed by atoms with Gasteiger partial charge in [0.15, 0.2) is 17.2 Å². The van der Waals surface area contributed by atoms with Crippen LogP contribution in [0, 0.1) is 17.2 Å². The van der Waals surface area contributed by atoms with E-state index < -0.39 is 5.82 Å². The number of hydrogen-bond acceptors (Lipinski definition) is 8. The summed E-state index contributed by atoms with van der Waals surface area (Å²) in [4.78, 5) is 20.0. The molecule has 230 valence electrons. The van der Waals surface area contributed by atoms with Crippen molar-refractivity contribution in [3.63, 3.8) is 0 Å². The Morgan fingerprint density at radius 3 is 2.52 bits per heavy atom. The fraction of sp³-hybridized carbons (Fsp3) is 0.406. The van der Waals surface area contributed by atoms with Gasteiger partial charge < -0.3 is 19.1 Å². The monoisotopic (exact) mass is 729 g/mol. The number of benzene rings is 2. The largest absolute Gasteiger partial charge is 0.494 e. The first-order valence-electron chi connectivity index (χ1n) is 14.8. The summed E-state index contributed by atoms with van der Waals surface area (Å²) in [6, 6.07) is 12.2. The molecule has 0 N–H and O–H groups in total. The summed E-state index contributed by atoms with van der Waals surface area (Å²) in [5, 5.41) is 5.98. The Morgan fingerprint density at radius 2 is 1.80 bits per heavy atom. The molecule has 1 saturated carbocycles. The zero-order chi connectivity index (χ0) is 30.4. The number of halogens is 2. The van der Waals surface area contributed by atoms with Crippen LogP contribution in [0.3, 0.4) is 0 Å². The molecular formula is C32H33FIN5O4S. The predicted molar refractivity (Wildman–Crippen MR) is 176 cm³/mol. The lowest BCUT2D eigenvalue weighted by molar-refractivity contribution is -0.150. The molecule has 1 amide bonds. The van der Waals surface area contributed by atoms with Gasteiger partial charge in [0, 0.05) is 65.1 Å². The number of ether oxygens (including phenoxy) is 3. The van der Waals surface area contributed by atoms with E-state index in [2.05, 4.69) is 35.4 Å². The van der Waals surface area contributed by atoms with Gasteiger partial charge in [-0.3, -0.25) is 14.5 Å². The summed E-state index contributed by atoms with van der Waals surface area (Å²) in [5.41, 5.74) is 2.84. The second-order valence-electron chi connectivity index (χ2n) is 12.0. The molecule has 4 aromatic rings. The highest BCUT2D eigenvalue weighted by Crippen LogP contribution is 2.55. The second kappa shape index (κ2) is 12.0. The van der Waals surface area contributed by atoms with Crippen molar-refractivity contribution >= 4 is 47.1 Å². The SMILES string of the molecule is COc1cccc(Oc2ccc(-c3nn([C@@H]4CCCN(C(=O)C5CC6(C5)CN(SI)C6)C4)c4c(OC)cncc34)cc2)c1F. The van der Waals surface area contributed by atoms with E-state index in [4.69, 9.17) is 19.3 Å². The summed E-state index contributed by atoms with van der Waals surface area (Å²) in [6.45, 7) is 3.59. The number of carbonyl (C=O) groups excluding carboxylic acids is 1. The van der Waals surface area contributed by atoms with E-state index in [1.165, 1.54) is 7.11 Å². The molecule has 3 aliphatic rings. The summed E-state index contributed by atoms with van der Waals surface area (Å²) in [5.74, 6) is 1.20. The van der Waals surface area contributed by atoms with Gasteiger partial charge in [0.25, 0.3) is 0 Å². The van der Waals surface area contributed by atoms with E-state index in [0.717, 1.165) is 67.5 Å². The van der Waals surface area contributed by atoms with Crippen molar-refractivity contribution in [3.05, 3.63) is 60.7 Å². The average molecular weight is 730 g/mol. The van der Waals surface area contributed by atoms with E-state index in [1.54, 1.807) is 52.8 Å². The zero-order valence-electron chi connectivity index (χ0n) is 24.5. The second-order valence-corrected chi connectivity index (χ2v) is 13.8. The number of likely N-dealkylation sites (tertiary alicyclic amines) is 1. The molecular weight excluding hydrogens is 696 g/mol. The Kier molecular flexibility index (Phi) is 8.08. The number of aromatic nitrogens is 3. The van der Waals surface area contributed by atoms with Crippen molar-refractivity contribution in [2.75, 3.05) is 40.4 Å². The van der Waals surface area contributed by atoms with Crippen LogP contribution in [0.4, 0.5) is 4.39 Å². The van der Waals surface area contributed by atoms with Gasteiger partial charge in [0.2, 0.25) is 11.7 Å². The van der Waals surface area contributed by atoms with Gasteiger partial charge in [0.1, 0.15) is 17.0 Å². The molecule has 0 unspecified atom stereocenters. The van der Waals surface area contributed by atoms with Gasteiger partial charge in [-0.1, -0.05) is 6.07 Å². The fourth-order valence-corrected chi connectivity index (χ4v) is 8.48. The van der Waals surface area contributed by atoms with Crippen LogP contribution in [0.1, 0.15) is 31.7 Å². The normalized spacial score (nSPS) is 19.9. The minimum atomic E-state index is -0.552. The number of fused-ring (bicyclic) bond motifs is 1. The van der Waals surface area contributed by atoms with Gasteiger partial charge in [0.05, 0.1) is 31.8 Å². The maximum atomic E-state index is 14.6. The summed E-state index contributed by atoms with van der Waals surface area (Å²) in [7, 11) is 4.82. The van der Waals surface area contributed by atoms with Crippen molar-refractivity contribution in [1.29, 1.82) is 0 Å². The van der Waals surface area contributed by atoms with Crippen molar-refractivity contribution in [1.82, 2.24) is 24.0 Å². The van der Waals surface area contributed by atoms with Crippen molar-refractivity contribution in [3.8, 4) is 34.3 Å². The Labute approximate surface area is 271 Å². The molecule has 3 fully saturated rings. The minimum Gasteiger partial charge on any atom is -0.494 e. The molecule has 2 aromatic carbocycles. The molecule has 9 nitrogen and oxygen atoms in total. The Morgan fingerprint density at radius 1 is 1.05 bits per heavy atom. The number of amides is 1. The van der Waals surface area contributed by atoms with Gasteiger partial charge in [-0.15, -0.1) is 0 Å². The summed E-state index contributed by atoms with van der Waals surface area (Å²) in [6.07, 6.45) is 7.35.